The van der Waals surface area contributed by atoms with E-state index in [4.69, 9.17) is 5.73 Å². The van der Waals surface area contributed by atoms with Crippen LogP contribution in [0.15, 0.2) is 9.98 Å². The van der Waals surface area contributed by atoms with Gasteiger partial charge in [-0.3, -0.25) is 4.99 Å². The van der Waals surface area contributed by atoms with Crippen LogP contribution < -0.4 is 5.73 Å². The molecule has 0 spiro atoms. The van der Waals surface area contributed by atoms with Gasteiger partial charge in [0.25, 0.3) is 0 Å². The molecule has 0 saturated heterocycles. The van der Waals surface area contributed by atoms with Crippen LogP contribution in [-0.2, 0) is 0 Å². The summed E-state index contributed by atoms with van der Waals surface area (Å²) in [6, 6.07) is 0. The summed E-state index contributed by atoms with van der Waals surface area (Å²) >= 11 is 4.08. The van der Waals surface area contributed by atoms with Crippen LogP contribution >= 0.6 is 12.6 Å². The van der Waals surface area contributed by atoms with Gasteiger partial charge in [-0.05, 0) is 6.42 Å². The van der Waals surface area contributed by atoms with Crippen molar-refractivity contribution in [1.82, 2.24) is 4.90 Å². The number of aliphatic imine (C=N–C) groups is 2. The lowest BCUT2D eigenvalue weighted by atomic mass is 10.4. The Kier molecular flexibility index (Phi) is 12.7. The second-order valence-electron chi connectivity index (χ2n) is 2.69. The van der Waals surface area contributed by atoms with Crippen molar-refractivity contribution in [3.63, 3.8) is 0 Å². The van der Waals surface area contributed by atoms with Gasteiger partial charge >= 0.3 is 0 Å². The third-order valence-electron chi connectivity index (χ3n) is 1.59. The fourth-order valence-corrected chi connectivity index (χ4v) is 1.04. The standard InChI is InChI=1S/C8H18N4S.C2H6/c1-4-5-12(3)8(9)11-7(6-13)10-2;1-2/h13H,4-6H2,1-3H3,(H2,9,10,11);1-2H3. The van der Waals surface area contributed by atoms with E-state index >= 15 is 0 Å². The fourth-order valence-electron chi connectivity index (χ4n) is 0.824. The summed E-state index contributed by atoms with van der Waals surface area (Å²) < 4.78 is 0. The molecule has 15 heavy (non-hydrogen) atoms. The molecule has 0 heterocycles. The highest BCUT2D eigenvalue weighted by atomic mass is 32.1. The van der Waals surface area contributed by atoms with Crippen LogP contribution in [0.1, 0.15) is 27.2 Å². The van der Waals surface area contributed by atoms with Gasteiger partial charge in [-0.25, -0.2) is 0 Å². The number of thiol groups is 1. The monoisotopic (exact) mass is 232 g/mol. The average molecular weight is 232 g/mol. The Hall–Kier alpha value is -0.710. The van der Waals surface area contributed by atoms with E-state index in [1.807, 2.05) is 25.8 Å². The molecule has 0 aromatic rings. The van der Waals surface area contributed by atoms with Gasteiger partial charge < -0.3 is 10.6 Å². The lowest BCUT2D eigenvalue weighted by Gasteiger charge is -2.16. The van der Waals surface area contributed by atoms with Crippen LogP contribution in [0.3, 0.4) is 0 Å². The molecule has 0 aromatic heterocycles. The number of amidine groups is 1. The van der Waals surface area contributed by atoms with Crippen LogP contribution in [0.4, 0.5) is 0 Å². The second kappa shape index (κ2) is 11.4. The van der Waals surface area contributed by atoms with Crippen LogP contribution in [0.5, 0.6) is 0 Å². The summed E-state index contributed by atoms with van der Waals surface area (Å²) in [5, 5.41) is 0. The zero-order valence-corrected chi connectivity index (χ0v) is 11.4. The SMILES string of the molecule is CC.CCCN(C)C(N)=NC(CS)=NC. The van der Waals surface area contributed by atoms with E-state index in [1.165, 1.54) is 0 Å². The third kappa shape index (κ3) is 8.30. The highest BCUT2D eigenvalue weighted by molar-refractivity contribution is 7.81. The third-order valence-corrected chi connectivity index (χ3v) is 1.88. The van der Waals surface area contributed by atoms with Crippen molar-refractivity contribution in [1.29, 1.82) is 0 Å². The summed E-state index contributed by atoms with van der Waals surface area (Å²) in [7, 11) is 3.59. The lowest BCUT2D eigenvalue weighted by molar-refractivity contribution is 0.496. The van der Waals surface area contributed by atoms with E-state index in [1.54, 1.807) is 7.05 Å². The molecule has 0 aliphatic rings. The van der Waals surface area contributed by atoms with Crippen molar-refractivity contribution in [2.45, 2.75) is 27.2 Å². The van der Waals surface area contributed by atoms with Gasteiger partial charge in [0.2, 0.25) is 0 Å². The van der Waals surface area contributed by atoms with Crippen LogP contribution in [0.2, 0.25) is 0 Å². The van der Waals surface area contributed by atoms with Gasteiger partial charge in [-0.15, -0.1) is 0 Å². The molecule has 0 radical (unpaired) electrons. The molecule has 0 atom stereocenters. The van der Waals surface area contributed by atoms with E-state index in [0.29, 0.717) is 17.5 Å². The normalized spacial score (nSPS) is 11.9. The molecule has 4 nitrogen and oxygen atoms in total. The van der Waals surface area contributed by atoms with Gasteiger partial charge in [0.15, 0.2) is 5.96 Å². The molecular weight excluding hydrogens is 208 g/mol. The predicted octanol–water partition coefficient (Wildman–Crippen LogP) is 1.63. The number of hydrogen-bond donors (Lipinski definition) is 2. The number of rotatable bonds is 3. The Morgan fingerprint density at radius 1 is 1.40 bits per heavy atom. The molecular formula is C10H24N4S. The maximum atomic E-state index is 5.72. The van der Waals surface area contributed by atoms with E-state index < -0.39 is 0 Å². The minimum Gasteiger partial charge on any atom is -0.369 e. The summed E-state index contributed by atoms with van der Waals surface area (Å²) in [6.07, 6.45) is 1.05. The van der Waals surface area contributed by atoms with Crippen molar-refractivity contribution in [3.05, 3.63) is 0 Å². The molecule has 2 N–H and O–H groups in total. The molecule has 0 saturated carbocycles. The zero-order valence-electron chi connectivity index (χ0n) is 10.5. The Labute approximate surface area is 99.1 Å². The second-order valence-corrected chi connectivity index (χ2v) is 3.01. The predicted molar refractivity (Wildman–Crippen MR) is 73.1 cm³/mol. The first-order valence-electron chi connectivity index (χ1n) is 5.27. The summed E-state index contributed by atoms with van der Waals surface area (Å²) in [6.45, 7) is 7.00. The maximum absolute atomic E-state index is 5.72. The molecule has 0 unspecified atom stereocenters. The average Bonchev–Trinajstić information content (AvgIpc) is 2.28. The molecule has 0 rings (SSSR count). The minimum atomic E-state index is 0.497. The van der Waals surface area contributed by atoms with Gasteiger partial charge in [0, 0.05) is 20.6 Å². The number of nitrogens with zero attached hydrogens (tertiary/aromatic N) is 3. The van der Waals surface area contributed by atoms with E-state index in [-0.39, 0.29) is 0 Å². The molecule has 0 bridgehead atoms. The quantitative estimate of drug-likeness (QED) is 0.441. The van der Waals surface area contributed by atoms with E-state index in [0.717, 1.165) is 13.0 Å². The molecule has 5 heteroatoms. The zero-order chi connectivity index (χ0) is 12.3. The first-order chi connectivity index (χ1) is 7.15. The molecule has 0 aliphatic heterocycles. The van der Waals surface area contributed by atoms with Crippen molar-refractivity contribution >= 4 is 24.4 Å². The maximum Gasteiger partial charge on any atom is 0.197 e. The van der Waals surface area contributed by atoms with Crippen LogP contribution in [0.25, 0.3) is 0 Å². The highest BCUT2D eigenvalue weighted by Gasteiger charge is 2.00. The molecule has 0 amide bonds. The number of hydrogen-bond acceptors (Lipinski definition) is 2. The Balaban J connectivity index is 0. The molecule has 0 aliphatic carbocycles. The lowest BCUT2D eigenvalue weighted by Crippen LogP contribution is -2.35. The molecule has 0 fully saturated rings. The molecule has 0 aromatic carbocycles. The fraction of sp³-hybridized carbons (Fsp3) is 0.800. The van der Waals surface area contributed by atoms with Crippen LogP contribution in [-0.4, -0.2) is 43.1 Å². The number of nitrogens with two attached hydrogens (primary N) is 1. The van der Waals surface area contributed by atoms with Crippen LogP contribution in [0, 0.1) is 0 Å². The van der Waals surface area contributed by atoms with Gasteiger partial charge in [-0.2, -0.15) is 17.6 Å². The van der Waals surface area contributed by atoms with E-state index in [9.17, 15) is 0 Å². The smallest absolute Gasteiger partial charge is 0.197 e. The van der Waals surface area contributed by atoms with Gasteiger partial charge in [0.05, 0.1) is 5.75 Å². The summed E-state index contributed by atoms with van der Waals surface area (Å²) in [5.41, 5.74) is 5.72. The van der Waals surface area contributed by atoms with Crippen molar-refractivity contribution in [2.24, 2.45) is 15.7 Å². The van der Waals surface area contributed by atoms with Gasteiger partial charge in [0.1, 0.15) is 5.84 Å². The molecule has 90 valence electrons. The first-order valence-corrected chi connectivity index (χ1v) is 5.90. The van der Waals surface area contributed by atoms with Crippen molar-refractivity contribution in [3.8, 4) is 0 Å². The van der Waals surface area contributed by atoms with Crippen molar-refractivity contribution < 1.29 is 0 Å². The van der Waals surface area contributed by atoms with E-state index in [2.05, 4.69) is 29.5 Å². The minimum absolute atomic E-state index is 0.497. The summed E-state index contributed by atoms with van der Waals surface area (Å²) in [4.78, 5) is 9.96. The Morgan fingerprint density at radius 3 is 2.27 bits per heavy atom. The summed E-state index contributed by atoms with van der Waals surface area (Å²) in [5.74, 6) is 1.66. The Morgan fingerprint density at radius 2 is 1.93 bits per heavy atom. The first kappa shape index (κ1) is 16.7. The Bertz CT molecular complexity index is 202. The van der Waals surface area contributed by atoms with Gasteiger partial charge in [-0.1, -0.05) is 20.8 Å². The highest BCUT2D eigenvalue weighted by Crippen LogP contribution is 1.90. The largest absolute Gasteiger partial charge is 0.369 e. The topological polar surface area (TPSA) is 54.0 Å². The van der Waals surface area contributed by atoms with Crippen molar-refractivity contribution in [2.75, 3.05) is 26.4 Å². The number of guanidine groups is 1.